The number of carbonyl (C=O) groups is 2. The lowest BCUT2D eigenvalue weighted by atomic mass is 9.95. The van der Waals surface area contributed by atoms with Crippen LogP contribution in [0.2, 0.25) is 0 Å². The summed E-state index contributed by atoms with van der Waals surface area (Å²) in [5.74, 6) is -1.91. The fourth-order valence-electron chi connectivity index (χ4n) is 4.22. The average Bonchev–Trinajstić information content (AvgIpc) is 3.39. The summed E-state index contributed by atoms with van der Waals surface area (Å²) in [7, 11) is 0. The Bertz CT molecular complexity index is 1010. The fraction of sp³-hybridized carbons (Fsp3) is 0.333. The monoisotopic (exact) mass is 424 g/mol. The smallest absolute Gasteiger partial charge is 0.290 e. The number of likely N-dealkylation sites (tertiary alicyclic amines) is 1. The second-order valence-electron chi connectivity index (χ2n) is 7.80. The molecule has 1 atom stereocenters. The van der Waals surface area contributed by atoms with Crippen molar-refractivity contribution < 1.29 is 23.5 Å². The molecule has 0 saturated carbocycles. The normalized spacial score (nSPS) is 20.2. The maximum Gasteiger partial charge on any atom is 0.290 e. The zero-order valence-electron chi connectivity index (χ0n) is 17.2. The lowest BCUT2D eigenvalue weighted by Crippen LogP contribution is -2.40. The Balaban J connectivity index is 1.63. The predicted molar refractivity (Wildman–Crippen MR) is 114 cm³/mol. The van der Waals surface area contributed by atoms with E-state index in [1.807, 2.05) is 0 Å². The van der Waals surface area contributed by atoms with Crippen LogP contribution in [0.4, 0.5) is 4.39 Å². The van der Waals surface area contributed by atoms with Crippen LogP contribution in [0, 0.1) is 5.82 Å². The van der Waals surface area contributed by atoms with E-state index in [9.17, 15) is 19.1 Å². The Kier molecular flexibility index (Phi) is 6.32. The van der Waals surface area contributed by atoms with Gasteiger partial charge >= 0.3 is 0 Å². The third kappa shape index (κ3) is 4.46. The van der Waals surface area contributed by atoms with Gasteiger partial charge in [0.05, 0.1) is 17.9 Å². The molecular formula is C24H25FN2O4. The number of hydrogen-bond donors (Lipinski definition) is 1. The maximum absolute atomic E-state index is 14.7. The van der Waals surface area contributed by atoms with Crippen LogP contribution in [0.25, 0.3) is 6.08 Å². The number of carbonyl (C=O) groups excluding carboxylic acids is 2. The Labute approximate surface area is 180 Å². The molecule has 1 aromatic carbocycles. The number of aliphatic hydroxyl groups excluding tert-OH is 1. The molecule has 1 unspecified atom stereocenters. The van der Waals surface area contributed by atoms with Crippen LogP contribution < -0.4 is 0 Å². The molecule has 0 bridgehead atoms. The van der Waals surface area contributed by atoms with Crippen molar-refractivity contribution in [2.75, 3.05) is 26.2 Å². The summed E-state index contributed by atoms with van der Waals surface area (Å²) in [6.45, 7) is 2.79. The molecule has 31 heavy (non-hydrogen) atoms. The first-order valence-electron chi connectivity index (χ1n) is 10.5. The molecule has 1 saturated heterocycles. The number of allylic oxidation sites excluding steroid dienone is 1. The number of piperidine rings is 1. The zero-order chi connectivity index (χ0) is 21.8. The van der Waals surface area contributed by atoms with Crippen LogP contribution in [0.15, 0.2) is 64.5 Å². The Morgan fingerprint density at radius 1 is 1.13 bits per heavy atom. The number of ketones is 1. The summed E-state index contributed by atoms with van der Waals surface area (Å²) >= 11 is 0. The highest BCUT2D eigenvalue weighted by Gasteiger charge is 2.43. The van der Waals surface area contributed by atoms with Gasteiger partial charge < -0.3 is 19.3 Å². The van der Waals surface area contributed by atoms with Gasteiger partial charge in [-0.1, -0.05) is 24.6 Å². The van der Waals surface area contributed by atoms with Crippen molar-refractivity contribution in [3.8, 4) is 0 Å². The van der Waals surface area contributed by atoms with Crippen molar-refractivity contribution in [3.05, 3.63) is 77.2 Å². The van der Waals surface area contributed by atoms with Gasteiger partial charge in [-0.3, -0.25) is 9.59 Å². The first-order chi connectivity index (χ1) is 15.1. The van der Waals surface area contributed by atoms with E-state index in [1.165, 1.54) is 35.8 Å². The SMILES string of the molecule is O=C(/C=C/c1ccco1)C1=C(O)C(=O)N(CCN2CCCCC2)C1c1ccccc1F. The topological polar surface area (TPSA) is 74.0 Å². The number of aliphatic hydroxyl groups is 1. The molecule has 2 aliphatic heterocycles. The Hall–Kier alpha value is -3.19. The molecule has 0 radical (unpaired) electrons. The number of amides is 1. The second-order valence-corrected chi connectivity index (χ2v) is 7.80. The molecule has 0 spiro atoms. The van der Waals surface area contributed by atoms with Gasteiger partial charge in [0.15, 0.2) is 11.5 Å². The number of furan rings is 1. The number of rotatable bonds is 7. The summed E-state index contributed by atoms with van der Waals surface area (Å²) in [6.07, 6.45) is 7.58. The summed E-state index contributed by atoms with van der Waals surface area (Å²) < 4.78 is 19.9. The van der Waals surface area contributed by atoms with Crippen molar-refractivity contribution >= 4 is 17.8 Å². The number of halogens is 1. The van der Waals surface area contributed by atoms with E-state index in [4.69, 9.17) is 4.42 Å². The van der Waals surface area contributed by atoms with Crippen LogP contribution in [-0.4, -0.2) is 52.8 Å². The van der Waals surface area contributed by atoms with Crippen LogP contribution >= 0.6 is 0 Å². The molecule has 1 amide bonds. The molecule has 1 N–H and O–H groups in total. The standard InChI is InChI=1S/C24H25FN2O4/c25-19-9-3-2-8-18(19)22-21(20(28)11-10-17-7-6-16-31-17)23(29)24(30)27(22)15-14-26-12-4-1-5-13-26/h2-3,6-11,16,22,29H,1,4-5,12-15H2/b11-10+. The van der Waals surface area contributed by atoms with E-state index in [2.05, 4.69) is 4.90 Å². The molecule has 4 rings (SSSR count). The second kappa shape index (κ2) is 9.31. The van der Waals surface area contributed by atoms with E-state index in [0.29, 0.717) is 18.8 Å². The van der Waals surface area contributed by atoms with Crippen LogP contribution in [0.3, 0.4) is 0 Å². The summed E-state index contributed by atoms with van der Waals surface area (Å²) in [4.78, 5) is 29.5. The third-order valence-corrected chi connectivity index (χ3v) is 5.82. The molecule has 1 fully saturated rings. The molecule has 2 aliphatic rings. The van der Waals surface area contributed by atoms with Gasteiger partial charge in [-0.2, -0.15) is 0 Å². The number of hydrogen-bond acceptors (Lipinski definition) is 5. The van der Waals surface area contributed by atoms with Gasteiger partial charge in [0.2, 0.25) is 0 Å². The van der Waals surface area contributed by atoms with Crippen molar-refractivity contribution in [3.63, 3.8) is 0 Å². The van der Waals surface area contributed by atoms with E-state index >= 15 is 0 Å². The highest BCUT2D eigenvalue weighted by atomic mass is 19.1. The quantitative estimate of drug-likeness (QED) is 0.683. The summed E-state index contributed by atoms with van der Waals surface area (Å²) in [5, 5.41) is 10.6. The van der Waals surface area contributed by atoms with Crippen LogP contribution in [0.5, 0.6) is 0 Å². The molecule has 2 aromatic rings. The summed E-state index contributed by atoms with van der Waals surface area (Å²) in [6, 6.07) is 8.42. The highest BCUT2D eigenvalue weighted by Crippen LogP contribution is 2.38. The van der Waals surface area contributed by atoms with Crippen molar-refractivity contribution in [1.29, 1.82) is 0 Å². The minimum absolute atomic E-state index is 0.114. The molecule has 162 valence electrons. The highest BCUT2D eigenvalue weighted by molar-refractivity contribution is 6.14. The first kappa shape index (κ1) is 21.1. The van der Waals surface area contributed by atoms with Crippen molar-refractivity contribution in [2.24, 2.45) is 0 Å². The molecular weight excluding hydrogens is 399 g/mol. The molecule has 7 heteroatoms. The molecule has 6 nitrogen and oxygen atoms in total. The summed E-state index contributed by atoms with van der Waals surface area (Å²) in [5.41, 5.74) is 0.0739. The van der Waals surface area contributed by atoms with E-state index in [-0.39, 0.29) is 11.1 Å². The van der Waals surface area contributed by atoms with Gasteiger partial charge in [-0.05, 0) is 56.3 Å². The van der Waals surface area contributed by atoms with E-state index in [0.717, 1.165) is 25.9 Å². The van der Waals surface area contributed by atoms with Gasteiger partial charge in [-0.15, -0.1) is 0 Å². The van der Waals surface area contributed by atoms with E-state index in [1.54, 1.807) is 30.3 Å². The van der Waals surface area contributed by atoms with Crippen molar-refractivity contribution in [2.45, 2.75) is 25.3 Å². The number of benzene rings is 1. The maximum atomic E-state index is 14.7. The predicted octanol–water partition coefficient (Wildman–Crippen LogP) is 3.88. The Morgan fingerprint density at radius 3 is 2.61 bits per heavy atom. The fourth-order valence-corrected chi connectivity index (χ4v) is 4.22. The van der Waals surface area contributed by atoms with Crippen LogP contribution in [0.1, 0.15) is 36.6 Å². The minimum atomic E-state index is -0.979. The van der Waals surface area contributed by atoms with Gasteiger partial charge in [-0.25, -0.2) is 4.39 Å². The first-order valence-corrected chi connectivity index (χ1v) is 10.5. The molecule has 1 aromatic heterocycles. The van der Waals surface area contributed by atoms with Gasteiger partial charge in [0, 0.05) is 18.7 Å². The lowest BCUT2D eigenvalue weighted by Gasteiger charge is -2.31. The van der Waals surface area contributed by atoms with E-state index < -0.39 is 29.3 Å². The van der Waals surface area contributed by atoms with Crippen LogP contribution in [-0.2, 0) is 9.59 Å². The van der Waals surface area contributed by atoms with Crippen molar-refractivity contribution in [1.82, 2.24) is 9.80 Å². The third-order valence-electron chi connectivity index (χ3n) is 5.82. The molecule has 3 heterocycles. The zero-order valence-corrected chi connectivity index (χ0v) is 17.2. The minimum Gasteiger partial charge on any atom is -0.503 e. The van der Waals surface area contributed by atoms with Gasteiger partial charge in [0.1, 0.15) is 11.6 Å². The number of nitrogens with zero attached hydrogens (tertiary/aromatic N) is 2. The largest absolute Gasteiger partial charge is 0.503 e. The van der Waals surface area contributed by atoms with Gasteiger partial charge in [0.25, 0.3) is 5.91 Å². The molecule has 0 aliphatic carbocycles. The lowest BCUT2D eigenvalue weighted by molar-refractivity contribution is -0.129. The average molecular weight is 424 g/mol. The Morgan fingerprint density at radius 2 is 1.90 bits per heavy atom.